The summed E-state index contributed by atoms with van der Waals surface area (Å²) >= 11 is 0. The average molecular weight is 241 g/mol. The number of hydrogen-bond donors (Lipinski definition) is 1. The highest BCUT2D eigenvalue weighted by Gasteiger charge is 2.21. The van der Waals surface area contributed by atoms with Crippen molar-refractivity contribution in [1.82, 2.24) is 10.2 Å². The number of aromatic nitrogens is 2. The molecule has 1 aromatic heterocycles. The Labute approximate surface area is 106 Å². The predicted molar refractivity (Wildman–Crippen MR) is 68.9 cm³/mol. The highest BCUT2D eigenvalue weighted by atomic mass is 16.5. The van der Waals surface area contributed by atoms with E-state index in [2.05, 4.69) is 22.3 Å². The lowest BCUT2D eigenvalue weighted by atomic mass is 9.90. The fourth-order valence-electron chi connectivity index (χ4n) is 2.49. The van der Waals surface area contributed by atoms with Crippen LogP contribution in [-0.2, 0) is 11.2 Å². The van der Waals surface area contributed by atoms with Gasteiger partial charge < -0.3 is 10.5 Å². The van der Waals surface area contributed by atoms with E-state index in [-0.39, 0.29) is 6.10 Å². The minimum absolute atomic E-state index is 0.0171. The molecule has 2 N–H and O–H groups in total. The summed E-state index contributed by atoms with van der Waals surface area (Å²) < 4.78 is 5.69. The van der Waals surface area contributed by atoms with E-state index in [1.54, 1.807) is 12.4 Å². The molecule has 0 fully saturated rings. The number of ether oxygens (including phenoxy) is 1. The SMILES string of the molecule is NC[C@@H]1OCCc2c(-c3ccnnc3)cccc21. The quantitative estimate of drug-likeness (QED) is 0.869. The lowest BCUT2D eigenvalue weighted by molar-refractivity contribution is 0.0486. The van der Waals surface area contributed by atoms with Crippen molar-refractivity contribution in [3.8, 4) is 11.1 Å². The van der Waals surface area contributed by atoms with Gasteiger partial charge in [0.25, 0.3) is 0 Å². The third kappa shape index (κ3) is 1.89. The van der Waals surface area contributed by atoms with E-state index in [9.17, 15) is 0 Å². The molecule has 4 nitrogen and oxygen atoms in total. The number of rotatable bonds is 2. The van der Waals surface area contributed by atoms with Crippen molar-refractivity contribution in [3.63, 3.8) is 0 Å². The van der Waals surface area contributed by atoms with Gasteiger partial charge in [0, 0.05) is 12.1 Å². The Balaban J connectivity index is 2.12. The maximum absolute atomic E-state index is 5.76. The molecular formula is C14H15N3O. The Kier molecular flexibility index (Phi) is 3.04. The van der Waals surface area contributed by atoms with Crippen LogP contribution in [-0.4, -0.2) is 23.3 Å². The third-order valence-electron chi connectivity index (χ3n) is 3.34. The lowest BCUT2D eigenvalue weighted by Crippen LogP contribution is -2.23. The molecule has 0 amide bonds. The zero-order valence-electron chi connectivity index (χ0n) is 10.0. The molecule has 92 valence electrons. The van der Waals surface area contributed by atoms with Crippen molar-refractivity contribution in [1.29, 1.82) is 0 Å². The molecule has 0 aliphatic carbocycles. The van der Waals surface area contributed by atoms with Crippen LogP contribution in [0.25, 0.3) is 11.1 Å². The van der Waals surface area contributed by atoms with E-state index in [0.717, 1.165) is 18.6 Å². The van der Waals surface area contributed by atoms with Crippen molar-refractivity contribution < 1.29 is 4.74 Å². The van der Waals surface area contributed by atoms with Crippen LogP contribution < -0.4 is 5.73 Å². The minimum atomic E-state index is 0.0171. The first kappa shape index (κ1) is 11.3. The molecule has 2 heterocycles. The van der Waals surface area contributed by atoms with Crippen molar-refractivity contribution in [2.24, 2.45) is 5.73 Å². The van der Waals surface area contributed by atoms with Gasteiger partial charge in [-0.15, -0.1) is 0 Å². The van der Waals surface area contributed by atoms with E-state index < -0.39 is 0 Å². The standard InChI is InChI=1S/C14H15N3O/c15-8-14-13-3-1-2-11(12(13)5-7-18-14)10-4-6-16-17-9-10/h1-4,6,9,14H,5,7-8,15H2/t14-/m0/s1. The Morgan fingerprint density at radius 2 is 2.22 bits per heavy atom. The molecule has 1 aliphatic rings. The normalized spacial score (nSPS) is 18.4. The Morgan fingerprint density at radius 1 is 1.28 bits per heavy atom. The van der Waals surface area contributed by atoms with Crippen LogP contribution in [0.15, 0.2) is 36.7 Å². The molecule has 0 saturated carbocycles. The summed E-state index contributed by atoms with van der Waals surface area (Å²) in [5.74, 6) is 0. The van der Waals surface area contributed by atoms with Gasteiger partial charge in [0.15, 0.2) is 0 Å². The van der Waals surface area contributed by atoms with Gasteiger partial charge in [-0.1, -0.05) is 18.2 Å². The number of benzene rings is 1. The summed E-state index contributed by atoms with van der Waals surface area (Å²) in [6.07, 6.45) is 4.45. The predicted octanol–water partition coefficient (Wildman–Crippen LogP) is 1.72. The summed E-state index contributed by atoms with van der Waals surface area (Å²) in [6.45, 7) is 1.25. The van der Waals surface area contributed by atoms with Gasteiger partial charge in [-0.05, 0) is 29.2 Å². The molecule has 1 aliphatic heterocycles. The average Bonchev–Trinajstić information content (AvgIpc) is 2.47. The molecule has 0 radical (unpaired) electrons. The summed E-state index contributed by atoms with van der Waals surface area (Å²) in [4.78, 5) is 0. The zero-order chi connectivity index (χ0) is 12.4. The van der Waals surface area contributed by atoms with E-state index in [4.69, 9.17) is 10.5 Å². The molecule has 1 aromatic carbocycles. The number of nitrogens with zero attached hydrogens (tertiary/aromatic N) is 2. The van der Waals surface area contributed by atoms with Gasteiger partial charge in [-0.3, -0.25) is 0 Å². The summed E-state index contributed by atoms with van der Waals surface area (Å²) in [5, 5.41) is 7.76. The topological polar surface area (TPSA) is 61.0 Å². The first-order chi connectivity index (χ1) is 8.90. The van der Waals surface area contributed by atoms with Crippen LogP contribution in [0, 0.1) is 0 Å². The van der Waals surface area contributed by atoms with Crippen molar-refractivity contribution in [2.75, 3.05) is 13.2 Å². The van der Waals surface area contributed by atoms with E-state index in [0.29, 0.717) is 6.54 Å². The second kappa shape index (κ2) is 4.84. The van der Waals surface area contributed by atoms with Gasteiger partial charge >= 0.3 is 0 Å². The van der Waals surface area contributed by atoms with Crippen molar-refractivity contribution in [2.45, 2.75) is 12.5 Å². The smallest absolute Gasteiger partial charge is 0.0950 e. The van der Waals surface area contributed by atoms with E-state index in [1.807, 2.05) is 12.1 Å². The number of nitrogens with two attached hydrogens (primary N) is 1. The Bertz CT molecular complexity index is 542. The molecule has 0 spiro atoms. The number of hydrogen-bond acceptors (Lipinski definition) is 4. The largest absolute Gasteiger partial charge is 0.372 e. The zero-order valence-corrected chi connectivity index (χ0v) is 10.0. The monoisotopic (exact) mass is 241 g/mol. The first-order valence-corrected chi connectivity index (χ1v) is 6.10. The maximum Gasteiger partial charge on any atom is 0.0950 e. The van der Waals surface area contributed by atoms with Crippen LogP contribution >= 0.6 is 0 Å². The van der Waals surface area contributed by atoms with Crippen LogP contribution in [0.1, 0.15) is 17.2 Å². The number of fused-ring (bicyclic) bond motifs is 1. The highest BCUT2D eigenvalue weighted by Crippen LogP contribution is 2.33. The Morgan fingerprint density at radius 3 is 3.00 bits per heavy atom. The van der Waals surface area contributed by atoms with Crippen molar-refractivity contribution >= 4 is 0 Å². The Hall–Kier alpha value is -1.78. The minimum Gasteiger partial charge on any atom is -0.372 e. The van der Waals surface area contributed by atoms with Gasteiger partial charge in [-0.25, -0.2) is 0 Å². The van der Waals surface area contributed by atoms with Crippen LogP contribution in [0.4, 0.5) is 0 Å². The molecule has 18 heavy (non-hydrogen) atoms. The molecule has 1 atom stereocenters. The molecule has 2 aromatic rings. The van der Waals surface area contributed by atoms with Gasteiger partial charge in [0.2, 0.25) is 0 Å². The first-order valence-electron chi connectivity index (χ1n) is 6.10. The fraction of sp³-hybridized carbons (Fsp3) is 0.286. The second-order valence-electron chi connectivity index (χ2n) is 4.35. The van der Waals surface area contributed by atoms with E-state index >= 15 is 0 Å². The lowest BCUT2D eigenvalue weighted by Gasteiger charge is -2.26. The molecule has 4 heteroatoms. The van der Waals surface area contributed by atoms with Crippen LogP contribution in [0.3, 0.4) is 0 Å². The molecule has 3 rings (SSSR count). The highest BCUT2D eigenvalue weighted by molar-refractivity contribution is 5.68. The van der Waals surface area contributed by atoms with Crippen LogP contribution in [0.2, 0.25) is 0 Å². The van der Waals surface area contributed by atoms with Gasteiger partial charge in [-0.2, -0.15) is 10.2 Å². The van der Waals surface area contributed by atoms with Gasteiger partial charge in [0.1, 0.15) is 0 Å². The van der Waals surface area contributed by atoms with Crippen molar-refractivity contribution in [3.05, 3.63) is 47.8 Å². The second-order valence-corrected chi connectivity index (χ2v) is 4.35. The van der Waals surface area contributed by atoms with Gasteiger partial charge in [0.05, 0.1) is 25.1 Å². The van der Waals surface area contributed by atoms with E-state index in [1.165, 1.54) is 16.7 Å². The van der Waals surface area contributed by atoms with Crippen LogP contribution in [0.5, 0.6) is 0 Å². The summed E-state index contributed by atoms with van der Waals surface area (Å²) in [7, 11) is 0. The fourth-order valence-corrected chi connectivity index (χ4v) is 2.49. The molecule has 0 bridgehead atoms. The third-order valence-corrected chi connectivity index (χ3v) is 3.34. The molecule has 0 saturated heterocycles. The summed E-state index contributed by atoms with van der Waals surface area (Å²) in [5.41, 5.74) is 10.6. The maximum atomic E-state index is 5.76. The molecular weight excluding hydrogens is 226 g/mol. The summed E-state index contributed by atoms with van der Waals surface area (Å²) in [6, 6.07) is 8.25. The molecule has 0 unspecified atom stereocenters.